The largest absolute Gasteiger partial charge is 0.309 e. The lowest BCUT2D eigenvalue weighted by atomic mass is 9.76. The quantitative estimate of drug-likeness (QED) is 0.878. The zero-order valence-electron chi connectivity index (χ0n) is 14.0. The smallest absolute Gasteiger partial charge is 0.226 e. The first-order chi connectivity index (χ1) is 11.0. The molecule has 0 bridgehead atoms. The van der Waals surface area contributed by atoms with Gasteiger partial charge in [0.05, 0.1) is 0 Å². The molecule has 1 fully saturated rings. The lowest BCUT2D eigenvalue weighted by molar-refractivity contribution is -0.116. The van der Waals surface area contributed by atoms with Gasteiger partial charge in [0.1, 0.15) is 0 Å². The Morgan fingerprint density at radius 2 is 1.83 bits per heavy atom. The molecule has 1 saturated carbocycles. The van der Waals surface area contributed by atoms with Crippen LogP contribution in [0.25, 0.3) is 0 Å². The lowest BCUT2D eigenvalue weighted by Crippen LogP contribution is -2.25. The second kappa shape index (κ2) is 5.22. The number of carbonyl (C=O) groups is 1. The minimum absolute atomic E-state index is 0.0618. The average Bonchev–Trinajstić information content (AvgIpc) is 2.84. The Labute approximate surface area is 136 Å². The molecule has 0 spiro atoms. The summed E-state index contributed by atoms with van der Waals surface area (Å²) in [5.74, 6) is 1.50. The highest BCUT2D eigenvalue weighted by Gasteiger charge is 2.35. The van der Waals surface area contributed by atoms with Crippen molar-refractivity contribution in [1.29, 1.82) is 0 Å². The van der Waals surface area contributed by atoms with E-state index < -0.39 is 0 Å². The first-order valence-corrected chi connectivity index (χ1v) is 8.50. The van der Waals surface area contributed by atoms with Gasteiger partial charge >= 0.3 is 0 Å². The van der Waals surface area contributed by atoms with Gasteiger partial charge in [0.2, 0.25) is 5.91 Å². The molecule has 1 aliphatic carbocycles. The van der Waals surface area contributed by atoms with Crippen molar-refractivity contribution in [3.63, 3.8) is 0 Å². The summed E-state index contributed by atoms with van der Waals surface area (Å²) in [6, 6.07) is 4.50. The van der Waals surface area contributed by atoms with E-state index in [1.165, 1.54) is 52.8 Å². The van der Waals surface area contributed by atoms with Gasteiger partial charge in [-0.1, -0.05) is 18.6 Å². The van der Waals surface area contributed by atoms with Crippen LogP contribution in [-0.4, -0.2) is 16.1 Å². The van der Waals surface area contributed by atoms with Crippen LogP contribution in [0.1, 0.15) is 71.0 Å². The number of fused-ring (bicyclic) bond motifs is 1. The molecule has 23 heavy (non-hydrogen) atoms. The van der Waals surface area contributed by atoms with Crippen LogP contribution < -0.4 is 5.32 Å². The molecule has 120 valence electrons. The van der Waals surface area contributed by atoms with Crippen LogP contribution in [0.4, 0.5) is 5.82 Å². The number of aromatic amines is 1. The Morgan fingerprint density at radius 1 is 1.09 bits per heavy atom. The molecular formula is C19H23N3O. The summed E-state index contributed by atoms with van der Waals surface area (Å²) in [5, 5.41) is 10.6. The highest BCUT2D eigenvalue weighted by atomic mass is 16.1. The van der Waals surface area contributed by atoms with Crippen LogP contribution in [0.3, 0.4) is 0 Å². The van der Waals surface area contributed by atoms with Crippen LogP contribution in [0.2, 0.25) is 0 Å². The van der Waals surface area contributed by atoms with Crippen LogP contribution >= 0.6 is 0 Å². The Kier molecular flexibility index (Phi) is 3.29. The Morgan fingerprint density at radius 3 is 2.52 bits per heavy atom. The van der Waals surface area contributed by atoms with E-state index in [4.69, 9.17) is 0 Å². The van der Waals surface area contributed by atoms with Gasteiger partial charge in [-0.05, 0) is 55.9 Å². The number of nitrogens with one attached hydrogen (secondary N) is 2. The summed E-state index contributed by atoms with van der Waals surface area (Å²) in [6.45, 7) is 6.43. The number of nitrogens with zero attached hydrogens (tertiary/aromatic N) is 1. The maximum Gasteiger partial charge on any atom is 0.226 e. The normalized spacial score (nSPS) is 20.8. The Hall–Kier alpha value is -2.10. The molecule has 2 N–H and O–H groups in total. The van der Waals surface area contributed by atoms with Crippen molar-refractivity contribution >= 4 is 11.7 Å². The molecule has 0 radical (unpaired) electrons. The zero-order valence-corrected chi connectivity index (χ0v) is 14.0. The van der Waals surface area contributed by atoms with Crippen molar-refractivity contribution < 1.29 is 4.79 Å². The molecule has 1 aliphatic heterocycles. The molecule has 4 rings (SSSR count). The van der Waals surface area contributed by atoms with Crippen molar-refractivity contribution in [3.05, 3.63) is 45.6 Å². The van der Waals surface area contributed by atoms with Crippen molar-refractivity contribution in [2.24, 2.45) is 0 Å². The number of amides is 1. The van der Waals surface area contributed by atoms with Crippen LogP contribution in [0.5, 0.6) is 0 Å². The molecule has 0 saturated heterocycles. The van der Waals surface area contributed by atoms with E-state index in [-0.39, 0.29) is 11.8 Å². The van der Waals surface area contributed by atoms with E-state index in [2.05, 4.69) is 48.4 Å². The molecule has 2 heterocycles. The fourth-order valence-corrected chi connectivity index (χ4v) is 3.91. The summed E-state index contributed by atoms with van der Waals surface area (Å²) >= 11 is 0. The Bertz CT molecular complexity index is 786. The van der Waals surface area contributed by atoms with E-state index in [9.17, 15) is 4.79 Å². The zero-order chi connectivity index (χ0) is 16.1. The number of hydrogen-bond donors (Lipinski definition) is 2. The van der Waals surface area contributed by atoms with Gasteiger partial charge in [0, 0.05) is 29.5 Å². The number of hydrogen-bond acceptors (Lipinski definition) is 2. The van der Waals surface area contributed by atoms with Crippen LogP contribution in [0.15, 0.2) is 12.1 Å². The molecule has 2 aliphatic rings. The number of aryl methyl sites for hydroxylation is 3. The number of rotatable bonds is 2. The van der Waals surface area contributed by atoms with E-state index >= 15 is 0 Å². The number of H-pyrrole nitrogens is 1. The third kappa shape index (κ3) is 2.28. The van der Waals surface area contributed by atoms with Crippen molar-refractivity contribution in [1.82, 2.24) is 10.2 Å². The predicted molar refractivity (Wildman–Crippen MR) is 90.9 cm³/mol. The fraction of sp³-hybridized carbons (Fsp3) is 0.474. The molecule has 1 aromatic carbocycles. The van der Waals surface area contributed by atoms with Crippen LogP contribution in [0, 0.1) is 20.8 Å². The number of anilines is 1. The second-order valence-electron chi connectivity index (χ2n) is 7.13. The molecular weight excluding hydrogens is 286 g/mol. The standard InChI is InChI=1S/C19H23N3O/c1-10-7-12(3)14(8-11(10)2)15-9-16(23)20-19-17(15)18(21-22-19)13-5-4-6-13/h7-8,13,15H,4-6,9H2,1-3H3,(H2,20,21,22,23). The van der Waals surface area contributed by atoms with Gasteiger partial charge in [-0.15, -0.1) is 0 Å². The number of carbonyl (C=O) groups excluding carboxylic acids is 1. The topological polar surface area (TPSA) is 57.8 Å². The molecule has 4 nitrogen and oxygen atoms in total. The molecule has 1 amide bonds. The van der Waals surface area contributed by atoms with Gasteiger partial charge in [-0.3, -0.25) is 9.89 Å². The number of benzene rings is 1. The van der Waals surface area contributed by atoms with Gasteiger partial charge in [0.15, 0.2) is 5.82 Å². The first kappa shape index (κ1) is 14.5. The fourth-order valence-electron chi connectivity index (χ4n) is 3.91. The Balaban J connectivity index is 1.85. The maximum atomic E-state index is 12.2. The molecule has 1 unspecified atom stereocenters. The minimum Gasteiger partial charge on any atom is -0.309 e. The summed E-state index contributed by atoms with van der Waals surface area (Å²) in [7, 11) is 0. The maximum absolute atomic E-state index is 12.2. The first-order valence-electron chi connectivity index (χ1n) is 8.50. The van der Waals surface area contributed by atoms with Crippen molar-refractivity contribution in [2.45, 2.75) is 58.3 Å². The highest BCUT2D eigenvalue weighted by molar-refractivity contribution is 5.94. The monoisotopic (exact) mass is 309 g/mol. The van der Waals surface area contributed by atoms with E-state index in [1.807, 2.05) is 0 Å². The highest BCUT2D eigenvalue weighted by Crippen LogP contribution is 2.46. The van der Waals surface area contributed by atoms with Crippen molar-refractivity contribution in [2.75, 3.05) is 5.32 Å². The van der Waals surface area contributed by atoms with E-state index in [0.717, 1.165) is 5.82 Å². The lowest BCUT2D eigenvalue weighted by Gasteiger charge is -2.30. The van der Waals surface area contributed by atoms with Gasteiger partial charge in [-0.25, -0.2) is 0 Å². The van der Waals surface area contributed by atoms with Crippen molar-refractivity contribution in [3.8, 4) is 0 Å². The predicted octanol–water partition coefficient (Wildman–Crippen LogP) is 4.08. The van der Waals surface area contributed by atoms with E-state index in [1.54, 1.807) is 0 Å². The van der Waals surface area contributed by atoms with Crippen LogP contribution in [-0.2, 0) is 4.79 Å². The third-order valence-electron chi connectivity index (χ3n) is 5.60. The van der Waals surface area contributed by atoms with E-state index in [0.29, 0.717) is 12.3 Å². The van der Waals surface area contributed by atoms with Gasteiger partial charge < -0.3 is 5.32 Å². The molecule has 4 heteroatoms. The third-order valence-corrected chi connectivity index (χ3v) is 5.60. The summed E-state index contributed by atoms with van der Waals surface area (Å²) in [6.07, 6.45) is 4.25. The molecule has 1 atom stereocenters. The summed E-state index contributed by atoms with van der Waals surface area (Å²) in [4.78, 5) is 12.2. The second-order valence-corrected chi connectivity index (χ2v) is 7.13. The summed E-state index contributed by atoms with van der Waals surface area (Å²) in [5.41, 5.74) is 7.59. The minimum atomic E-state index is 0.0618. The molecule has 1 aromatic heterocycles. The van der Waals surface area contributed by atoms with Gasteiger partial charge in [-0.2, -0.15) is 5.10 Å². The SMILES string of the molecule is Cc1cc(C)c(C2CC(=O)Nc3n[nH]c(C4CCC4)c32)cc1C. The number of aromatic nitrogens is 2. The summed E-state index contributed by atoms with van der Waals surface area (Å²) < 4.78 is 0. The average molecular weight is 309 g/mol. The molecule has 2 aromatic rings. The van der Waals surface area contributed by atoms with Gasteiger partial charge in [0.25, 0.3) is 0 Å².